The Labute approximate surface area is 110 Å². The normalized spacial score (nSPS) is 28.7. The van der Waals surface area contributed by atoms with Crippen molar-refractivity contribution in [1.29, 1.82) is 0 Å². The lowest BCUT2D eigenvalue weighted by molar-refractivity contribution is 0.0210. The van der Waals surface area contributed by atoms with Gasteiger partial charge < -0.3 is 15.0 Å². The highest BCUT2D eigenvalue weighted by Crippen LogP contribution is 2.27. The Bertz CT molecular complexity index is 293. The Morgan fingerprint density at radius 3 is 2.78 bits per heavy atom. The molecule has 0 spiro atoms. The van der Waals surface area contributed by atoms with Crippen LogP contribution in [-0.4, -0.2) is 42.3 Å². The topological polar surface area (TPSA) is 41.6 Å². The molecule has 2 atom stereocenters. The van der Waals surface area contributed by atoms with Crippen LogP contribution < -0.4 is 5.32 Å². The van der Waals surface area contributed by atoms with Gasteiger partial charge in [-0.05, 0) is 65.5 Å². The first kappa shape index (κ1) is 13.7. The number of rotatable bonds is 2. The summed E-state index contributed by atoms with van der Waals surface area (Å²) >= 11 is 0. The minimum Gasteiger partial charge on any atom is -0.444 e. The van der Waals surface area contributed by atoms with Gasteiger partial charge in [-0.15, -0.1) is 0 Å². The molecule has 0 aromatic carbocycles. The van der Waals surface area contributed by atoms with Crippen molar-refractivity contribution in [2.75, 3.05) is 19.6 Å². The lowest BCUT2D eigenvalue weighted by atomic mass is 9.98. The number of nitrogens with zero attached hydrogens (tertiary/aromatic N) is 1. The molecule has 2 heterocycles. The van der Waals surface area contributed by atoms with Gasteiger partial charge in [0.05, 0.1) is 0 Å². The largest absolute Gasteiger partial charge is 0.444 e. The van der Waals surface area contributed by atoms with Crippen molar-refractivity contribution >= 4 is 6.09 Å². The van der Waals surface area contributed by atoms with Crippen molar-refractivity contribution in [3.05, 3.63) is 0 Å². The second-order valence-electron chi connectivity index (χ2n) is 6.56. The van der Waals surface area contributed by atoms with Gasteiger partial charge in [-0.2, -0.15) is 0 Å². The molecule has 2 aliphatic rings. The van der Waals surface area contributed by atoms with Crippen molar-refractivity contribution in [2.24, 2.45) is 5.92 Å². The molecule has 1 amide bonds. The van der Waals surface area contributed by atoms with Gasteiger partial charge >= 0.3 is 6.09 Å². The summed E-state index contributed by atoms with van der Waals surface area (Å²) in [5.41, 5.74) is -0.390. The van der Waals surface area contributed by atoms with Gasteiger partial charge in [0.25, 0.3) is 0 Å². The third kappa shape index (κ3) is 3.61. The van der Waals surface area contributed by atoms with E-state index in [0.717, 1.165) is 44.8 Å². The number of nitrogens with one attached hydrogen (secondary N) is 1. The molecule has 0 saturated carbocycles. The lowest BCUT2D eigenvalue weighted by Gasteiger charge is -2.29. The van der Waals surface area contributed by atoms with Crippen LogP contribution in [0.15, 0.2) is 0 Å². The summed E-state index contributed by atoms with van der Waals surface area (Å²) in [6.45, 7) is 8.88. The summed E-state index contributed by atoms with van der Waals surface area (Å²) in [4.78, 5) is 14.1. The minimum absolute atomic E-state index is 0.129. The van der Waals surface area contributed by atoms with Crippen LogP contribution in [0.1, 0.15) is 46.5 Å². The molecule has 0 aliphatic carbocycles. The Kier molecular flexibility index (Phi) is 4.15. The van der Waals surface area contributed by atoms with Crippen molar-refractivity contribution in [3.63, 3.8) is 0 Å². The molecule has 104 valence electrons. The van der Waals surface area contributed by atoms with Crippen molar-refractivity contribution < 1.29 is 9.53 Å². The zero-order valence-electron chi connectivity index (χ0n) is 11.9. The van der Waals surface area contributed by atoms with E-state index in [0.29, 0.717) is 6.04 Å². The Balaban J connectivity index is 1.88. The minimum atomic E-state index is -0.390. The standard InChI is InChI=1S/C14H26N2O2/c1-14(2,3)18-13(17)16-8-4-5-12(16)9-11-6-7-15-10-11/h11-12,15H,4-10H2,1-3H3/t11-,12?/m0/s1. The van der Waals surface area contributed by atoms with Crippen LogP contribution in [0.4, 0.5) is 4.79 Å². The van der Waals surface area contributed by atoms with E-state index in [1.165, 1.54) is 6.42 Å². The Hall–Kier alpha value is -0.770. The average molecular weight is 254 g/mol. The van der Waals surface area contributed by atoms with Gasteiger partial charge in [0, 0.05) is 12.6 Å². The van der Waals surface area contributed by atoms with E-state index in [4.69, 9.17) is 4.74 Å². The van der Waals surface area contributed by atoms with E-state index >= 15 is 0 Å². The summed E-state index contributed by atoms with van der Waals surface area (Å²) in [6.07, 6.45) is 4.50. The van der Waals surface area contributed by atoms with Crippen LogP contribution in [0.3, 0.4) is 0 Å². The second kappa shape index (κ2) is 5.47. The van der Waals surface area contributed by atoms with Gasteiger partial charge in [-0.25, -0.2) is 4.79 Å². The molecule has 2 saturated heterocycles. The third-order valence-corrected chi connectivity index (χ3v) is 3.77. The van der Waals surface area contributed by atoms with Crippen LogP contribution >= 0.6 is 0 Å². The van der Waals surface area contributed by atoms with E-state index in [2.05, 4.69) is 5.32 Å². The molecule has 2 rings (SSSR count). The fourth-order valence-electron chi connectivity index (χ4n) is 2.94. The van der Waals surface area contributed by atoms with E-state index < -0.39 is 0 Å². The summed E-state index contributed by atoms with van der Waals surface area (Å²) in [5.74, 6) is 0.734. The Morgan fingerprint density at radius 1 is 1.39 bits per heavy atom. The molecule has 2 aliphatic heterocycles. The summed E-state index contributed by atoms with van der Waals surface area (Å²) in [7, 11) is 0. The molecule has 4 heteroatoms. The number of amides is 1. The van der Waals surface area contributed by atoms with Gasteiger partial charge in [0.1, 0.15) is 5.60 Å². The first-order valence-electron chi connectivity index (χ1n) is 7.16. The lowest BCUT2D eigenvalue weighted by Crippen LogP contribution is -2.40. The smallest absolute Gasteiger partial charge is 0.410 e. The van der Waals surface area contributed by atoms with E-state index in [1.54, 1.807) is 0 Å². The Morgan fingerprint density at radius 2 is 2.17 bits per heavy atom. The predicted molar refractivity (Wildman–Crippen MR) is 71.6 cm³/mol. The van der Waals surface area contributed by atoms with E-state index in [-0.39, 0.29) is 11.7 Å². The highest BCUT2D eigenvalue weighted by atomic mass is 16.6. The molecule has 0 aromatic heterocycles. The molecule has 1 N–H and O–H groups in total. The number of hydrogen-bond donors (Lipinski definition) is 1. The number of likely N-dealkylation sites (tertiary alicyclic amines) is 1. The molecule has 0 radical (unpaired) electrons. The average Bonchev–Trinajstić information content (AvgIpc) is 2.86. The number of carbonyl (C=O) groups is 1. The number of ether oxygens (including phenoxy) is 1. The summed E-state index contributed by atoms with van der Waals surface area (Å²) in [5, 5.41) is 3.39. The quantitative estimate of drug-likeness (QED) is 0.822. The third-order valence-electron chi connectivity index (χ3n) is 3.77. The van der Waals surface area contributed by atoms with Gasteiger partial charge in [-0.3, -0.25) is 0 Å². The maximum absolute atomic E-state index is 12.1. The van der Waals surface area contributed by atoms with Crippen molar-refractivity contribution in [3.8, 4) is 0 Å². The van der Waals surface area contributed by atoms with Crippen LogP contribution in [0, 0.1) is 5.92 Å². The molecule has 1 unspecified atom stereocenters. The summed E-state index contributed by atoms with van der Waals surface area (Å²) < 4.78 is 5.49. The van der Waals surface area contributed by atoms with E-state index in [9.17, 15) is 4.79 Å². The number of hydrogen-bond acceptors (Lipinski definition) is 3. The second-order valence-corrected chi connectivity index (χ2v) is 6.56. The van der Waals surface area contributed by atoms with Gasteiger partial charge in [0.15, 0.2) is 0 Å². The van der Waals surface area contributed by atoms with Gasteiger partial charge in [-0.1, -0.05) is 0 Å². The highest BCUT2D eigenvalue weighted by molar-refractivity contribution is 5.68. The van der Waals surface area contributed by atoms with Crippen LogP contribution in [0.2, 0.25) is 0 Å². The van der Waals surface area contributed by atoms with Gasteiger partial charge in [0.2, 0.25) is 0 Å². The zero-order chi connectivity index (χ0) is 13.2. The first-order valence-corrected chi connectivity index (χ1v) is 7.16. The molecule has 18 heavy (non-hydrogen) atoms. The predicted octanol–water partition coefficient (Wildman–Crippen LogP) is 2.39. The van der Waals surface area contributed by atoms with E-state index in [1.807, 2.05) is 25.7 Å². The summed E-state index contributed by atoms with van der Waals surface area (Å²) in [6, 6.07) is 0.393. The van der Waals surface area contributed by atoms with Crippen molar-refractivity contribution in [2.45, 2.75) is 58.1 Å². The maximum Gasteiger partial charge on any atom is 0.410 e. The molecular formula is C14H26N2O2. The fourth-order valence-corrected chi connectivity index (χ4v) is 2.94. The monoisotopic (exact) mass is 254 g/mol. The SMILES string of the molecule is CC(C)(C)OC(=O)N1CCCC1C[C@@H]1CCNC1. The number of carbonyl (C=O) groups excluding carboxylic acids is 1. The molecular weight excluding hydrogens is 228 g/mol. The van der Waals surface area contributed by atoms with Crippen LogP contribution in [0.25, 0.3) is 0 Å². The molecule has 4 nitrogen and oxygen atoms in total. The molecule has 2 fully saturated rings. The highest BCUT2D eigenvalue weighted by Gasteiger charge is 2.33. The van der Waals surface area contributed by atoms with Crippen LogP contribution in [-0.2, 0) is 4.74 Å². The fraction of sp³-hybridized carbons (Fsp3) is 0.929. The van der Waals surface area contributed by atoms with Crippen molar-refractivity contribution in [1.82, 2.24) is 10.2 Å². The zero-order valence-corrected chi connectivity index (χ0v) is 11.9. The first-order chi connectivity index (χ1) is 8.46. The molecule has 0 bridgehead atoms. The molecule has 0 aromatic rings. The maximum atomic E-state index is 12.1. The van der Waals surface area contributed by atoms with Crippen LogP contribution in [0.5, 0.6) is 0 Å².